The molecule has 1 unspecified atom stereocenters. The largest absolute Gasteiger partial charge is 0.573 e. The number of nitrogens with one attached hydrogen (secondary N) is 1. The summed E-state index contributed by atoms with van der Waals surface area (Å²) in [6, 6.07) is 11.9. The summed E-state index contributed by atoms with van der Waals surface area (Å²) in [7, 11) is -2.12. The van der Waals surface area contributed by atoms with Crippen LogP contribution in [-0.2, 0) is 13.6 Å². The first-order chi connectivity index (χ1) is 13.7. The molecule has 2 rings (SSSR count). The van der Waals surface area contributed by atoms with E-state index < -0.39 is 19.7 Å². The van der Waals surface area contributed by atoms with E-state index in [1.54, 1.807) is 38.1 Å². The Morgan fingerprint density at radius 2 is 1.45 bits per heavy atom. The third-order valence-corrected chi connectivity index (χ3v) is 6.05. The van der Waals surface area contributed by atoms with Gasteiger partial charge in [-0.1, -0.05) is 12.1 Å². The number of ether oxygens (including phenoxy) is 2. The Hall–Kier alpha value is -2.22. The van der Waals surface area contributed by atoms with E-state index >= 15 is 0 Å². The van der Waals surface area contributed by atoms with Crippen LogP contribution in [0.2, 0.25) is 0 Å². The molecule has 0 aliphatic rings. The van der Waals surface area contributed by atoms with Gasteiger partial charge in [0.1, 0.15) is 11.5 Å². The highest BCUT2D eigenvalue weighted by atomic mass is 31.2. The molecule has 2 aromatic carbocycles. The van der Waals surface area contributed by atoms with Crippen molar-refractivity contribution in [2.24, 2.45) is 0 Å². The summed E-state index contributed by atoms with van der Waals surface area (Å²) in [5, 5.41) is 3.04. The van der Waals surface area contributed by atoms with Crippen LogP contribution >= 0.6 is 7.60 Å². The molecule has 0 radical (unpaired) electrons. The van der Waals surface area contributed by atoms with Crippen LogP contribution in [-0.4, -0.2) is 26.7 Å². The van der Waals surface area contributed by atoms with Crippen LogP contribution in [0.4, 0.5) is 18.9 Å². The molecule has 0 heterocycles. The lowest BCUT2D eigenvalue weighted by atomic mass is 10.2. The molecule has 1 N–H and O–H groups in total. The molecule has 2 aromatic rings. The molecule has 0 saturated carbocycles. The van der Waals surface area contributed by atoms with Crippen molar-refractivity contribution >= 4 is 13.3 Å². The third kappa shape index (κ3) is 6.66. The average Bonchev–Trinajstić information content (AvgIpc) is 2.66. The zero-order valence-electron chi connectivity index (χ0n) is 16.2. The standard InChI is InChI=1S/C19H23F3NO5P/c1-4-26-29(24,27-5-2)18(14-6-10-16(25-3)11-7-14)23-15-8-12-17(13-9-15)28-19(20,21)22/h6-13,18,23H,4-5H2,1-3H3. The van der Waals surface area contributed by atoms with Gasteiger partial charge < -0.3 is 23.8 Å². The minimum absolute atomic E-state index is 0.157. The highest BCUT2D eigenvalue weighted by Crippen LogP contribution is 2.60. The fraction of sp³-hybridized carbons (Fsp3) is 0.368. The summed E-state index contributed by atoms with van der Waals surface area (Å²) >= 11 is 0. The average molecular weight is 433 g/mol. The second kappa shape index (κ2) is 10.0. The van der Waals surface area contributed by atoms with Crippen molar-refractivity contribution in [1.82, 2.24) is 0 Å². The fourth-order valence-electron chi connectivity index (χ4n) is 2.59. The highest BCUT2D eigenvalue weighted by molar-refractivity contribution is 7.54. The lowest BCUT2D eigenvalue weighted by Crippen LogP contribution is -2.17. The summed E-state index contributed by atoms with van der Waals surface area (Å²) in [4.78, 5) is 0. The molecule has 0 saturated heterocycles. The van der Waals surface area contributed by atoms with Crippen LogP contribution in [0.5, 0.6) is 11.5 Å². The summed E-state index contributed by atoms with van der Waals surface area (Å²) in [6.45, 7) is 3.70. The van der Waals surface area contributed by atoms with Crippen molar-refractivity contribution in [1.29, 1.82) is 0 Å². The number of anilines is 1. The molecule has 10 heteroatoms. The van der Waals surface area contributed by atoms with Crippen molar-refractivity contribution < 1.29 is 36.3 Å². The molecular formula is C19H23F3NO5P. The van der Waals surface area contributed by atoms with E-state index in [0.717, 1.165) is 12.1 Å². The van der Waals surface area contributed by atoms with E-state index in [-0.39, 0.29) is 19.0 Å². The second-order valence-electron chi connectivity index (χ2n) is 5.77. The minimum Gasteiger partial charge on any atom is -0.497 e. The van der Waals surface area contributed by atoms with Gasteiger partial charge in [0.2, 0.25) is 0 Å². The van der Waals surface area contributed by atoms with Gasteiger partial charge in [0, 0.05) is 5.69 Å². The molecule has 0 aliphatic carbocycles. The number of halogens is 3. The van der Waals surface area contributed by atoms with Gasteiger partial charge >= 0.3 is 14.0 Å². The molecular weight excluding hydrogens is 410 g/mol. The van der Waals surface area contributed by atoms with Crippen LogP contribution in [0.25, 0.3) is 0 Å². The zero-order valence-corrected chi connectivity index (χ0v) is 17.1. The predicted molar refractivity (Wildman–Crippen MR) is 103 cm³/mol. The SMILES string of the molecule is CCOP(=O)(OCC)C(Nc1ccc(OC(F)(F)F)cc1)c1ccc(OC)cc1. The third-order valence-electron chi connectivity index (χ3n) is 3.76. The Labute approximate surface area is 167 Å². The molecule has 160 valence electrons. The number of rotatable bonds is 10. The lowest BCUT2D eigenvalue weighted by molar-refractivity contribution is -0.274. The Kier molecular flexibility index (Phi) is 7.96. The lowest BCUT2D eigenvalue weighted by Gasteiger charge is -2.28. The molecule has 6 nitrogen and oxygen atoms in total. The Morgan fingerprint density at radius 1 is 0.931 bits per heavy atom. The Morgan fingerprint density at radius 3 is 1.90 bits per heavy atom. The van der Waals surface area contributed by atoms with Crippen LogP contribution in [0, 0.1) is 0 Å². The van der Waals surface area contributed by atoms with E-state index in [9.17, 15) is 17.7 Å². The zero-order chi connectivity index (χ0) is 21.5. The van der Waals surface area contributed by atoms with Gasteiger partial charge in [0.25, 0.3) is 0 Å². The predicted octanol–water partition coefficient (Wildman–Crippen LogP) is 5.97. The Balaban J connectivity index is 2.35. The topological polar surface area (TPSA) is 66.0 Å². The fourth-order valence-corrected chi connectivity index (χ4v) is 4.53. The van der Waals surface area contributed by atoms with Crippen LogP contribution in [0.1, 0.15) is 25.2 Å². The van der Waals surface area contributed by atoms with Crippen molar-refractivity contribution in [2.45, 2.75) is 26.0 Å². The monoisotopic (exact) mass is 433 g/mol. The molecule has 0 spiro atoms. The van der Waals surface area contributed by atoms with Gasteiger partial charge in [-0.15, -0.1) is 13.2 Å². The number of benzene rings is 2. The van der Waals surface area contributed by atoms with Crippen LogP contribution in [0.15, 0.2) is 48.5 Å². The van der Waals surface area contributed by atoms with Gasteiger partial charge in [0.15, 0.2) is 5.78 Å². The van der Waals surface area contributed by atoms with Gasteiger partial charge in [0.05, 0.1) is 20.3 Å². The van der Waals surface area contributed by atoms with Crippen molar-refractivity contribution in [3.05, 3.63) is 54.1 Å². The molecule has 0 aromatic heterocycles. The summed E-state index contributed by atoms with van der Waals surface area (Å²) in [6.07, 6.45) is -4.78. The van der Waals surface area contributed by atoms with Gasteiger partial charge in [-0.05, 0) is 55.8 Å². The number of hydrogen-bond donors (Lipinski definition) is 1. The maximum Gasteiger partial charge on any atom is 0.573 e. The van der Waals surface area contributed by atoms with E-state index in [2.05, 4.69) is 10.1 Å². The first-order valence-electron chi connectivity index (χ1n) is 8.86. The summed E-state index contributed by atoms with van der Waals surface area (Å²) in [5.41, 5.74) is 1.02. The minimum atomic E-state index is -4.78. The van der Waals surface area contributed by atoms with Crippen LogP contribution < -0.4 is 14.8 Å². The number of hydrogen-bond acceptors (Lipinski definition) is 6. The van der Waals surface area contributed by atoms with Crippen molar-refractivity contribution in [3.8, 4) is 11.5 Å². The Bertz CT molecular complexity index is 802. The molecule has 0 bridgehead atoms. The van der Waals surface area contributed by atoms with Gasteiger partial charge in [-0.2, -0.15) is 0 Å². The highest BCUT2D eigenvalue weighted by Gasteiger charge is 2.37. The van der Waals surface area contributed by atoms with E-state index in [1.165, 1.54) is 19.2 Å². The first-order valence-corrected chi connectivity index (χ1v) is 10.5. The molecule has 29 heavy (non-hydrogen) atoms. The van der Waals surface area contributed by atoms with Crippen molar-refractivity contribution in [2.75, 3.05) is 25.6 Å². The first kappa shape index (κ1) is 23.1. The maximum absolute atomic E-state index is 13.4. The van der Waals surface area contributed by atoms with Crippen LogP contribution in [0.3, 0.4) is 0 Å². The van der Waals surface area contributed by atoms with E-state index in [1.807, 2.05) is 0 Å². The normalized spacial score (nSPS) is 13.0. The molecule has 0 aliphatic heterocycles. The maximum atomic E-state index is 13.4. The van der Waals surface area contributed by atoms with Gasteiger partial charge in [-0.25, -0.2) is 0 Å². The van der Waals surface area contributed by atoms with Crippen molar-refractivity contribution in [3.63, 3.8) is 0 Å². The molecule has 0 fully saturated rings. The second-order valence-corrected chi connectivity index (χ2v) is 7.88. The van der Waals surface area contributed by atoms with E-state index in [4.69, 9.17) is 13.8 Å². The van der Waals surface area contributed by atoms with E-state index in [0.29, 0.717) is 17.0 Å². The van der Waals surface area contributed by atoms with Gasteiger partial charge in [-0.3, -0.25) is 4.57 Å². The summed E-state index contributed by atoms with van der Waals surface area (Å²) < 4.78 is 70.4. The smallest absolute Gasteiger partial charge is 0.497 e. The number of methoxy groups -OCH3 is 1. The quantitative estimate of drug-likeness (QED) is 0.466. The number of alkyl halides is 3. The molecule has 0 amide bonds. The molecule has 1 atom stereocenters. The summed E-state index contributed by atoms with van der Waals surface area (Å²) in [5.74, 6) is -0.631.